The third kappa shape index (κ3) is 4.05. The number of hydrogen-bond acceptors (Lipinski definition) is 1. The van der Waals surface area contributed by atoms with Gasteiger partial charge in [-0.05, 0) is 31.0 Å². The van der Waals surface area contributed by atoms with Crippen LogP contribution in [0.15, 0.2) is 48.5 Å². The fourth-order valence-corrected chi connectivity index (χ4v) is 2.20. The maximum atomic E-state index is 13.5. The second-order valence-electron chi connectivity index (χ2n) is 4.67. The summed E-state index contributed by atoms with van der Waals surface area (Å²) >= 11 is 6.12. The Balaban J connectivity index is 1.90. The summed E-state index contributed by atoms with van der Waals surface area (Å²) in [5, 5.41) is 4.10. The van der Waals surface area contributed by atoms with Crippen molar-refractivity contribution in [2.75, 3.05) is 0 Å². The second kappa shape index (κ2) is 6.69. The molecule has 2 aromatic rings. The normalized spacial score (nSPS) is 12.4. The molecule has 0 saturated heterocycles. The molecule has 0 aromatic heterocycles. The molecular formula is C16H17ClFN. The van der Waals surface area contributed by atoms with E-state index >= 15 is 0 Å². The zero-order chi connectivity index (χ0) is 13.7. The van der Waals surface area contributed by atoms with Crippen LogP contribution < -0.4 is 5.32 Å². The molecule has 0 radical (unpaired) electrons. The fraction of sp³-hybridized carbons (Fsp3) is 0.250. The van der Waals surface area contributed by atoms with Crippen LogP contribution in [0.1, 0.15) is 18.1 Å². The first-order valence-corrected chi connectivity index (χ1v) is 6.75. The first-order valence-electron chi connectivity index (χ1n) is 6.37. The van der Waals surface area contributed by atoms with Crippen LogP contribution in [0, 0.1) is 5.82 Å². The SMILES string of the molecule is CC(Cc1ccccc1Cl)NCc1ccccc1F. The van der Waals surface area contributed by atoms with Gasteiger partial charge in [-0.3, -0.25) is 0 Å². The monoisotopic (exact) mass is 277 g/mol. The van der Waals surface area contributed by atoms with Gasteiger partial charge in [0.05, 0.1) is 0 Å². The van der Waals surface area contributed by atoms with E-state index in [4.69, 9.17) is 11.6 Å². The number of rotatable bonds is 5. The van der Waals surface area contributed by atoms with E-state index < -0.39 is 0 Å². The molecule has 0 heterocycles. The summed E-state index contributed by atoms with van der Waals surface area (Å²) in [6, 6.07) is 14.9. The van der Waals surface area contributed by atoms with Crippen molar-refractivity contribution in [2.45, 2.75) is 25.9 Å². The molecule has 1 unspecified atom stereocenters. The summed E-state index contributed by atoms with van der Waals surface area (Å²) < 4.78 is 13.5. The van der Waals surface area contributed by atoms with Gasteiger partial charge in [0.1, 0.15) is 5.82 Å². The molecule has 19 heavy (non-hydrogen) atoms. The lowest BCUT2D eigenvalue weighted by atomic mass is 10.1. The predicted molar refractivity (Wildman–Crippen MR) is 77.9 cm³/mol. The number of hydrogen-bond donors (Lipinski definition) is 1. The van der Waals surface area contributed by atoms with Crippen LogP contribution in [0.25, 0.3) is 0 Å². The van der Waals surface area contributed by atoms with Gasteiger partial charge in [0.2, 0.25) is 0 Å². The van der Waals surface area contributed by atoms with Crippen LogP contribution in [-0.2, 0) is 13.0 Å². The molecule has 0 amide bonds. The molecule has 0 spiro atoms. The highest BCUT2D eigenvalue weighted by atomic mass is 35.5. The van der Waals surface area contributed by atoms with Gasteiger partial charge in [-0.2, -0.15) is 0 Å². The lowest BCUT2D eigenvalue weighted by molar-refractivity contribution is 0.525. The van der Waals surface area contributed by atoms with Crippen LogP contribution in [-0.4, -0.2) is 6.04 Å². The van der Waals surface area contributed by atoms with E-state index in [1.807, 2.05) is 30.3 Å². The van der Waals surface area contributed by atoms with Crippen molar-refractivity contribution in [3.05, 3.63) is 70.5 Å². The molecule has 1 nitrogen and oxygen atoms in total. The lowest BCUT2D eigenvalue weighted by Gasteiger charge is -2.15. The smallest absolute Gasteiger partial charge is 0.127 e. The van der Waals surface area contributed by atoms with E-state index in [9.17, 15) is 4.39 Å². The van der Waals surface area contributed by atoms with Crippen LogP contribution in [0.3, 0.4) is 0 Å². The first-order chi connectivity index (χ1) is 9.16. The Labute approximate surface area is 118 Å². The summed E-state index contributed by atoms with van der Waals surface area (Å²) in [6.45, 7) is 2.60. The fourth-order valence-electron chi connectivity index (χ4n) is 1.99. The summed E-state index contributed by atoms with van der Waals surface area (Å²) in [7, 11) is 0. The maximum absolute atomic E-state index is 13.5. The highest BCUT2D eigenvalue weighted by Gasteiger charge is 2.07. The van der Waals surface area contributed by atoms with Crippen molar-refractivity contribution >= 4 is 11.6 Å². The maximum Gasteiger partial charge on any atom is 0.127 e. The first kappa shape index (κ1) is 14.0. The van der Waals surface area contributed by atoms with Gasteiger partial charge < -0.3 is 5.32 Å². The molecule has 0 aliphatic rings. The van der Waals surface area contributed by atoms with Gasteiger partial charge in [0.15, 0.2) is 0 Å². The standard InChI is InChI=1S/C16H17ClFN/c1-12(10-13-6-2-4-8-15(13)17)19-11-14-7-3-5-9-16(14)18/h2-9,12,19H,10-11H2,1H3. The predicted octanol–water partition coefficient (Wildman–Crippen LogP) is 4.20. The Hall–Kier alpha value is -1.38. The molecule has 0 bridgehead atoms. The summed E-state index contributed by atoms with van der Waals surface area (Å²) in [5.74, 6) is -0.167. The van der Waals surface area contributed by atoms with Crippen LogP contribution in [0.4, 0.5) is 4.39 Å². The number of halogens is 2. The van der Waals surface area contributed by atoms with Gasteiger partial charge in [-0.1, -0.05) is 48.0 Å². The second-order valence-corrected chi connectivity index (χ2v) is 5.08. The zero-order valence-corrected chi connectivity index (χ0v) is 11.6. The minimum Gasteiger partial charge on any atom is -0.310 e. The highest BCUT2D eigenvalue weighted by Crippen LogP contribution is 2.16. The number of benzene rings is 2. The van der Waals surface area contributed by atoms with E-state index in [0.29, 0.717) is 12.1 Å². The quantitative estimate of drug-likeness (QED) is 0.864. The summed E-state index contributed by atoms with van der Waals surface area (Å²) in [4.78, 5) is 0. The minimum absolute atomic E-state index is 0.167. The average molecular weight is 278 g/mol. The topological polar surface area (TPSA) is 12.0 Å². The van der Waals surface area contributed by atoms with Crippen molar-refractivity contribution in [3.8, 4) is 0 Å². The molecule has 0 aliphatic carbocycles. The Kier molecular flexibility index (Phi) is 4.94. The van der Waals surface area contributed by atoms with E-state index in [-0.39, 0.29) is 11.9 Å². The molecular weight excluding hydrogens is 261 g/mol. The van der Waals surface area contributed by atoms with Crippen molar-refractivity contribution in [2.24, 2.45) is 0 Å². The largest absolute Gasteiger partial charge is 0.310 e. The van der Waals surface area contributed by atoms with Crippen molar-refractivity contribution in [1.29, 1.82) is 0 Å². The summed E-state index contributed by atoms with van der Waals surface area (Å²) in [6.07, 6.45) is 0.828. The molecule has 3 heteroatoms. The average Bonchev–Trinajstić information content (AvgIpc) is 2.40. The van der Waals surface area contributed by atoms with E-state index in [0.717, 1.165) is 17.0 Å². The van der Waals surface area contributed by atoms with E-state index in [2.05, 4.69) is 12.2 Å². The molecule has 1 N–H and O–H groups in total. The van der Waals surface area contributed by atoms with Gasteiger partial charge in [-0.25, -0.2) is 4.39 Å². The van der Waals surface area contributed by atoms with E-state index in [1.165, 1.54) is 6.07 Å². The Morgan fingerprint density at radius 1 is 1.05 bits per heavy atom. The highest BCUT2D eigenvalue weighted by molar-refractivity contribution is 6.31. The van der Waals surface area contributed by atoms with Gasteiger partial charge >= 0.3 is 0 Å². The molecule has 2 rings (SSSR count). The van der Waals surface area contributed by atoms with Crippen molar-refractivity contribution in [3.63, 3.8) is 0 Å². The number of nitrogens with one attached hydrogen (secondary N) is 1. The molecule has 1 atom stereocenters. The van der Waals surface area contributed by atoms with Crippen LogP contribution in [0.2, 0.25) is 5.02 Å². The van der Waals surface area contributed by atoms with Crippen molar-refractivity contribution in [1.82, 2.24) is 5.32 Å². The summed E-state index contributed by atoms with van der Waals surface area (Å²) in [5.41, 5.74) is 1.80. The van der Waals surface area contributed by atoms with Gasteiger partial charge in [0.25, 0.3) is 0 Å². The van der Waals surface area contributed by atoms with Crippen LogP contribution in [0.5, 0.6) is 0 Å². The third-order valence-corrected chi connectivity index (χ3v) is 3.45. The van der Waals surface area contributed by atoms with Crippen LogP contribution >= 0.6 is 11.6 Å². The molecule has 100 valence electrons. The Morgan fingerprint density at radius 3 is 2.37 bits per heavy atom. The molecule has 2 aromatic carbocycles. The minimum atomic E-state index is -0.167. The van der Waals surface area contributed by atoms with Gasteiger partial charge in [-0.15, -0.1) is 0 Å². The van der Waals surface area contributed by atoms with Crippen molar-refractivity contribution < 1.29 is 4.39 Å². The third-order valence-electron chi connectivity index (χ3n) is 3.08. The van der Waals surface area contributed by atoms with E-state index in [1.54, 1.807) is 12.1 Å². The Bertz CT molecular complexity index is 542. The molecule has 0 aliphatic heterocycles. The molecule has 0 fully saturated rings. The lowest BCUT2D eigenvalue weighted by Crippen LogP contribution is -2.28. The zero-order valence-electron chi connectivity index (χ0n) is 10.9. The Morgan fingerprint density at radius 2 is 1.68 bits per heavy atom. The van der Waals surface area contributed by atoms with Gasteiger partial charge in [0, 0.05) is 23.2 Å². The molecule has 0 saturated carbocycles.